The Morgan fingerprint density at radius 2 is 1.40 bits per heavy atom. The van der Waals surface area contributed by atoms with Crippen LogP contribution in [0, 0.1) is 17.6 Å². The number of halogens is 5. The molecule has 0 saturated carbocycles. The lowest BCUT2D eigenvalue weighted by atomic mass is 9.90. The summed E-state index contributed by atoms with van der Waals surface area (Å²) in [5.41, 5.74) is 2.61. The van der Waals surface area contributed by atoms with Crippen molar-refractivity contribution >= 4 is 11.7 Å². The molecule has 0 N–H and O–H groups in total. The molecular weight excluding hydrogens is 529 g/mol. The quantitative estimate of drug-likeness (QED) is 0.174. The van der Waals surface area contributed by atoms with Gasteiger partial charge in [-0.3, -0.25) is 9.79 Å². The molecular formula is C31H22F5NO3. The van der Waals surface area contributed by atoms with Crippen molar-refractivity contribution < 1.29 is 36.2 Å². The van der Waals surface area contributed by atoms with E-state index in [9.17, 15) is 26.7 Å². The van der Waals surface area contributed by atoms with Crippen LogP contribution in [0.1, 0.15) is 29.2 Å². The summed E-state index contributed by atoms with van der Waals surface area (Å²) in [4.78, 5) is 17.8. The predicted molar refractivity (Wildman–Crippen MR) is 139 cm³/mol. The third-order valence-corrected chi connectivity index (χ3v) is 6.54. The van der Waals surface area contributed by atoms with Gasteiger partial charge >= 0.3 is 12.3 Å². The number of benzene rings is 4. The Kier molecular flexibility index (Phi) is 7.64. The molecule has 1 heterocycles. The summed E-state index contributed by atoms with van der Waals surface area (Å²) in [6.07, 6.45) is -4.80. The zero-order valence-corrected chi connectivity index (χ0v) is 20.9. The first-order valence-corrected chi connectivity index (χ1v) is 12.4. The maximum Gasteiger partial charge on any atom is 0.573 e. The summed E-state index contributed by atoms with van der Waals surface area (Å²) in [5, 5.41) is 0. The molecule has 4 aromatic rings. The summed E-state index contributed by atoms with van der Waals surface area (Å²) in [6, 6.07) is 24.2. The number of alkyl halides is 3. The molecule has 1 aliphatic heterocycles. The third-order valence-electron chi connectivity index (χ3n) is 6.54. The number of hydrogen-bond donors (Lipinski definition) is 0. The fourth-order valence-corrected chi connectivity index (χ4v) is 4.65. The van der Waals surface area contributed by atoms with E-state index in [1.807, 2.05) is 30.3 Å². The van der Waals surface area contributed by atoms with Crippen LogP contribution < -0.4 is 4.74 Å². The highest BCUT2D eigenvalue weighted by Crippen LogP contribution is 2.39. The molecule has 1 aliphatic rings. The van der Waals surface area contributed by atoms with Crippen molar-refractivity contribution in [1.29, 1.82) is 0 Å². The maximum atomic E-state index is 14.6. The molecule has 0 bridgehead atoms. The van der Waals surface area contributed by atoms with E-state index in [0.29, 0.717) is 16.7 Å². The molecule has 2 atom stereocenters. The summed E-state index contributed by atoms with van der Waals surface area (Å²) < 4.78 is 76.0. The maximum absolute atomic E-state index is 14.6. The first-order valence-electron chi connectivity index (χ1n) is 12.4. The fraction of sp³-hybridized carbons (Fsp3) is 0.161. The average molecular weight is 552 g/mol. The van der Waals surface area contributed by atoms with E-state index < -0.39 is 35.9 Å². The number of rotatable bonds is 7. The van der Waals surface area contributed by atoms with E-state index in [1.54, 1.807) is 24.3 Å². The van der Waals surface area contributed by atoms with Crippen LogP contribution in [0.3, 0.4) is 0 Å². The molecule has 0 aliphatic carbocycles. The van der Waals surface area contributed by atoms with Gasteiger partial charge in [0.15, 0.2) is 0 Å². The van der Waals surface area contributed by atoms with E-state index in [2.05, 4.69) is 9.73 Å². The van der Waals surface area contributed by atoms with Crippen LogP contribution in [-0.2, 0) is 16.1 Å². The molecule has 0 saturated heterocycles. The van der Waals surface area contributed by atoms with Gasteiger partial charge in [-0.25, -0.2) is 8.78 Å². The van der Waals surface area contributed by atoms with Crippen molar-refractivity contribution in [2.75, 3.05) is 0 Å². The second-order valence-corrected chi connectivity index (χ2v) is 9.22. The van der Waals surface area contributed by atoms with Gasteiger partial charge in [-0.15, -0.1) is 13.2 Å². The Labute approximate surface area is 226 Å². The van der Waals surface area contributed by atoms with Crippen LogP contribution in [0.4, 0.5) is 22.0 Å². The van der Waals surface area contributed by atoms with Crippen molar-refractivity contribution in [2.24, 2.45) is 10.9 Å². The first-order chi connectivity index (χ1) is 19.2. The minimum absolute atomic E-state index is 0.0153. The second-order valence-electron chi connectivity index (χ2n) is 9.22. The molecule has 5 rings (SSSR count). The molecule has 40 heavy (non-hydrogen) atoms. The van der Waals surface area contributed by atoms with Crippen LogP contribution in [-0.4, -0.2) is 18.0 Å². The molecule has 0 radical (unpaired) electrons. The summed E-state index contributed by atoms with van der Waals surface area (Å²) in [5.74, 6) is -3.25. The minimum Gasteiger partial charge on any atom is -0.461 e. The Hall–Kier alpha value is -4.53. The molecule has 0 amide bonds. The van der Waals surface area contributed by atoms with Crippen LogP contribution in [0.5, 0.6) is 5.75 Å². The van der Waals surface area contributed by atoms with Crippen LogP contribution in [0.2, 0.25) is 0 Å². The van der Waals surface area contributed by atoms with Crippen LogP contribution in [0.25, 0.3) is 11.1 Å². The number of carbonyl (C=O) groups excluding carboxylic acids is 1. The zero-order valence-electron chi connectivity index (χ0n) is 20.9. The number of hydrogen-bond acceptors (Lipinski definition) is 4. The lowest BCUT2D eigenvalue weighted by Gasteiger charge is -2.18. The molecule has 9 heteroatoms. The van der Waals surface area contributed by atoms with Gasteiger partial charge in [-0.2, -0.15) is 0 Å². The number of nitrogens with zero attached hydrogens (tertiary/aromatic N) is 1. The molecule has 1 unspecified atom stereocenters. The zero-order chi connectivity index (χ0) is 28.3. The average Bonchev–Trinajstić information content (AvgIpc) is 3.37. The Bertz CT molecular complexity index is 1500. The summed E-state index contributed by atoms with van der Waals surface area (Å²) >= 11 is 0. The van der Waals surface area contributed by atoms with E-state index in [-0.39, 0.29) is 30.1 Å². The summed E-state index contributed by atoms with van der Waals surface area (Å²) in [7, 11) is 0. The summed E-state index contributed by atoms with van der Waals surface area (Å²) in [6.45, 7) is 0.0409. The van der Waals surface area contributed by atoms with E-state index in [4.69, 9.17) is 4.74 Å². The van der Waals surface area contributed by atoms with E-state index in [1.165, 1.54) is 30.3 Å². The monoisotopic (exact) mass is 551 g/mol. The fourth-order valence-electron chi connectivity index (χ4n) is 4.65. The third kappa shape index (κ3) is 6.20. The predicted octanol–water partition coefficient (Wildman–Crippen LogP) is 7.82. The lowest BCUT2D eigenvalue weighted by molar-refractivity contribution is -0.274. The Balaban J connectivity index is 1.40. The number of aliphatic imine (C=N–C) groups is 1. The molecule has 0 aromatic heterocycles. The van der Waals surface area contributed by atoms with Crippen molar-refractivity contribution in [3.63, 3.8) is 0 Å². The van der Waals surface area contributed by atoms with Crippen LogP contribution in [0.15, 0.2) is 102 Å². The number of ether oxygens (including phenoxy) is 2. The van der Waals surface area contributed by atoms with Crippen molar-refractivity contribution in [3.05, 3.63) is 125 Å². The van der Waals surface area contributed by atoms with Gasteiger partial charge in [0.1, 0.15) is 24.0 Å². The van der Waals surface area contributed by atoms with Crippen molar-refractivity contribution in [2.45, 2.75) is 25.4 Å². The topological polar surface area (TPSA) is 47.9 Å². The van der Waals surface area contributed by atoms with Crippen molar-refractivity contribution in [1.82, 2.24) is 0 Å². The van der Waals surface area contributed by atoms with E-state index in [0.717, 1.165) is 17.7 Å². The van der Waals surface area contributed by atoms with Gasteiger partial charge in [0, 0.05) is 12.1 Å². The molecule has 4 nitrogen and oxygen atoms in total. The molecule has 0 spiro atoms. The minimum atomic E-state index is -4.78. The van der Waals surface area contributed by atoms with Gasteiger partial charge in [-0.05, 0) is 46.5 Å². The highest BCUT2D eigenvalue weighted by molar-refractivity contribution is 6.04. The largest absolute Gasteiger partial charge is 0.573 e. The molecule has 4 aromatic carbocycles. The highest BCUT2D eigenvalue weighted by atomic mass is 19.4. The van der Waals surface area contributed by atoms with Gasteiger partial charge < -0.3 is 9.47 Å². The standard InChI is InChI=1S/C31H22F5NO3/c32-25-7-4-8-26(33)28(25)27-17-24(30(38)39-18-19-5-2-1-3-6-19)29(37-27)22-11-9-20(10-12-22)21-13-15-23(16-14-21)40-31(34,35)36/h1-16,24,29H,17-18H2/t24-,29?/m0/s1. The normalized spacial score (nSPS) is 16.9. The number of carbonyl (C=O) groups is 1. The Morgan fingerprint density at radius 3 is 2.00 bits per heavy atom. The Morgan fingerprint density at radius 1 is 0.800 bits per heavy atom. The van der Waals surface area contributed by atoms with E-state index >= 15 is 0 Å². The van der Waals surface area contributed by atoms with Gasteiger partial charge in [0.2, 0.25) is 0 Å². The first kappa shape index (κ1) is 27.1. The molecule has 0 fully saturated rings. The SMILES string of the molecule is O=C(OCc1ccccc1)[C@H]1CC(c2c(F)cccc2F)=NC1c1ccc(-c2ccc(OC(F)(F)F)cc2)cc1. The second kappa shape index (κ2) is 11.3. The van der Waals surface area contributed by atoms with Gasteiger partial charge in [0.05, 0.1) is 17.5 Å². The van der Waals surface area contributed by atoms with Crippen molar-refractivity contribution in [3.8, 4) is 16.9 Å². The van der Waals surface area contributed by atoms with Crippen LogP contribution >= 0.6 is 0 Å². The number of esters is 1. The lowest BCUT2D eigenvalue weighted by Crippen LogP contribution is -2.22. The highest BCUT2D eigenvalue weighted by Gasteiger charge is 2.39. The molecule has 204 valence electrons. The van der Waals surface area contributed by atoms with Gasteiger partial charge in [-0.1, -0.05) is 72.8 Å². The smallest absolute Gasteiger partial charge is 0.461 e. The van der Waals surface area contributed by atoms with Gasteiger partial charge in [0.25, 0.3) is 0 Å².